The summed E-state index contributed by atoms with van der Waals surface area (Å²) in [5, 5.41) is 5.36. The van der Waals surface area contributed by atoms with Crippen LogP contribution in [0.15, 0.2) is 48.8 Å². The van der Waals surface area contributed by atoms with Crippen LogP contribution in [0.3, 0.4) is 0 Å². The highest BCUT2D eigenvalue weighted by Gasteiger charge is 2.30. The molecule has 4 rings (SSSR count). The predicted molar refractivity (Wildman–Crippen MR) is 109 cm³/mol. The zero-order valence-electron chi connectivity index (χ0n) is 15.5. The molecule has 3 aromatic rings. The number of halogens is 2. The monoisotopic (exact) mass is 386 g/mol. The van der Waals surface area contributed by atoms with E-state index in [4.69, 9.17) is 4.74 Å². The highest BCUT2D eigenvalue weighted by molar-refractivity contribution is 5.85. The maximum atomic E-state index is 14.2. The number of nitrogens with one attached hydrogen (secondary N) is 1. The molecule has 3 nitrogen and oxygen atoms in total. The van der Waals surface area contributed by atoms with Crippen LogP contribution in [0, 0.1) is 19.7 Å². The van der Waals surface area contributed by atoms with Crippen molar-refractivity contribution in [3.05, 3.63) is 71.3 Å². The minimum atomic E-state index is -0.168. The quantitative estimate of drug-likeness (QED) is 0.661. The topological polar surface area (TPSA) is 34.1 Å². The van der Waals surface area contributed by atoms with Crippen LogP contribution in [0.4, 0.5) is 4.39 Å². The van der Waals surface area contributed by atoms with E-state index in [1.165, 1.54) is 17.2 Å². The van der Waals surface area contributed by atoms with Crippen LogP contribution in [0.1, 0.15) is 29.5 Å². The molecule has 1 saturated carbocycles. The lowest BCUT2D eigenvalue weighted by atomic mass is 9.89. The molecule has 1 N–H and O–H groups in total. The summed E-state index contributed by atoms with van der Waals surface area (Å²) in [6, 6.07) is 11.8. The van der Waals surface area contributed by atoms with Gasteiger partial charge in [0.15, 0.2) is 0 Å². The zero-order chi connectivity index (χ0) is 18.1. The predicted octanol–water partition coefficient (Wildman–Crippen LogP) is 5.11. The van der Waals surface area contributed by atoms with Gasteiger partial charge in [-0.05, 0) is 73.5 Å². The van der Waals surface area contributed by atoms with Crippen molar-refractivity contribution < 1.29 is 9.13 Å². The first kappa shape index (κ1) is 19.6. The van der Waals surface area contributed by atoms with E-state index < -0.39 is 0 Å². The number of pyridine rings is 1. The van der Waals surface area contributed by atoms with Gasteiger partial charge in [0.1, 0.15) is 17.7 Å². The van der Waals surface area contributed by atoms with Gasteiger partial charge in [-0.25, -0.2) is 4.39 Å². The summed E-state index contributed by atoms with van der Waals surface area (Å²) in [5.41, 5.74) is 3.23. The van der Waals surface area contributed by atoms with Gasteiger partial charge < -0.3 is 10.1 Å². The molecule has 0 radical (unpaired) electrons. The van der Waals surface area contributed by atoms with Crippen molar-refractivity contribution in [2.24, 2.45) is 0 Å². The third-order valence-electron chi connectivity index (χ3n) is 5.32. The van der Waals surface area contributed by atoms with Gasteiger partial charge in [-0.15, -0.1) is 12.4 Å². The van der Waals surface area contributed by atoms with E-state index in [9.17, 15) is 4.39 Å². The Labute approximate surface area is 165 Å². The van der Waals surface area contributed by atoms with Crippen molar-refractivity contribution in [3.63, 3.8) is 0 Å². The fourth-order valence-corrected chi connectivity index (χ4v) is 3.44. The molecule has 0 aliphatic heterocycles. The van der Waals surface area contributed by atoms with E-state index in [1.807, 2.05) is 12.1 Å². The van der Waals surface area contributed by atoms with Crippen LogP contribution < -0.4 is 10.1 Å². The Hall–Kier alpha value is -2.17. The highest BCUT2D eigenvalue weighted by Crippen LogP contribution is 2.28. The maximum Gasteiger partial charge on any atom is 0.128 e. The zero-order valence-corrected chi connectivity index (χ0v) is 16.4. The molecule has 1 aliphatic rings. The second-order valence-electron chi connectivity index (χ2n) is 7.16. The van der Waals surface area contributed by atoms with Gasteiger partial charge in [0.25, 0.3) is 0 Å². The average Bonchev–Trinajstić information content (AvgIpc) is 2.61. The van der Waals surface area contributed by atoms with Crippen molar-refractivity contribution in [2.75, 3.05) is 0 Å². The molecule has 2 aromatic carbocycles. The summed E-state index contributed by atoms with van der Waals surface area (Å²) in [7, 11) is 0. The number of fused-ring (bicyclic) bond motifs is 1. The third kappa shape index (κ3) is 4.23. The lowest BCUT2D eigenvalue weighted by molar-refractivity contribution is 0.0842. The van der Waals surface area contributed by atoms with Crippen molar-refractivity contribution in [3.8, 4) is 5.75 Å². The first-order valence-corrected chi connectivity index (χ1v) is 9.08. The van der Waals surface area contributed by atoms with Gasteiger partial charge in [0, 0.05) is 35.9 Å². The molecule has 5 heteroatoms. The summed E-state index contributed by atoms with van der Waals surface area (Å²) >= 11 is 0. The molecule has 1 aliphatic carbocycles. The SMILES string of the molecule is Cc1ccc(OC2CC(NCc3c(F)ccc4cnccc34)C2)cc1C.Cl. The average molecular weight is 387 g/mol. The number of nitrogens with zero attached hydrogens (tertiary/aromatic N) is 1. The summed E-state index contributed by atoms with van der Waals surface area (Å²) in [6.45, 7) is 4.72. The number of hydrogen-bond donors (Lipinski definition) is 1. The number of aromatic nitrogens is 1. The molecule has 1 aromatic heterocycles. The maximum absolute atomic E-state index is 14.2. The second-order valence-corrected chi connectivity index (χ2v) is 7.16. The van der Waals surface area contributed by atoms with E-state index >= 15 is 0 Å². The van der Waals surface area contributed by atoms with Crippen molar-refractivity contribution in [1.82, 2.24) is 10.3 Å². The lowest BCUT2D eigenvalue weighted by Crippen LogP contribution is -2.46. The molecule has 0 bridgehead atoms. The molecule has 0 amide bonds. The molecule has 142 valence electrons. The number of hydrogen-bond acceptors (Lipinski definition) is 3. The molecule has 1 fully saturated rings. The van der Waals surface area contributed by atoms with Gasteiger partial charge in [0.2, 0.25) is 0 Å². The Bertz CT molecular complexity index is 941. The van der Waals surface area contributed by atoms with Crippen LogP contribution in [0.25, 0.3) is 10.8 Å². The van der Waals surface area contributed by atoms with E-state index in [0.717, 1.165) is 29.4 Å². The van der Waals surface area contributed by atoms with Gasteiger partial charge in [-0.2, -0.15) is 0 Å². The molecule has 0 unspecified atom stereocenters. The van der Waals surface area contributed by atoms with E-state index in [-0.39, 0.29) is 24.3 Å². The Balaban J connectivity index is 0.00000210. The summed E-state index contributed by atoms with van der Waals surface area (Å²) in [4.78, 5) is 4.11. The Morgan fingerprint density at radius 2 is 1.93 bits per heavy atom. The van der Waals surface area contributed by atoms with Gasteiger partial charge >= 0.3 is 0 Å². The second kappa shape index (κ2) is 8.24. The van der Waals surface area contributed by atoms with Gasteiger partial charge in [0.05, 0.1) is 0 Å². The molecule has 0 atom stereocenters. The van der Waals surface area contributed by atoms with Crippen molar-refractivity contribution >= 4 is 23.2 Å². The first-order chi connectivity index (χ1) is 12.6. The Kier molecular flexibility index (Phi) is 5.98. The lowest BCUT2D eigenvalue weighted by Gasteiger charge is -2.36. The summed E-state index contributed by atoms with van der Waals surface area (Å²) in [5.74, 6) is 0.766. The molecule has 27 heavy (non-hydrogen) atoms. The number of benzene rings is 2. The number of rotatable bonds is 5. The van der Waals surface area contributed by atoms with Crippen LogP contribution in [0.5, 0.6) is 5.75 Å². The molecule has 0 saturated heterocycles. The molecular weight excluding hydrogens is 363 g/mol. The highest BCUT2D eigenvalue weighted by atomic mass is 35.5. The van der Waals surface area contributed by atoms with Crippen LogP contribution in [0.2, 0.25) is 0 Å². The number of ether oxygens (including phenoxy) is 1. The van der Waals surface area contributed by atoms with Crippen LogP contribution in [-0.4, -0.2) is 17.1 Å². The molecular formula is C22H24ClFN2O. The van der Waals surface area contributed by atoms with E-state index in [1.54, 1.807) is 18.5 Å². The fraction of sp³-hybridized carbons (Fsp3) is 0.318. The Morgan fingerprint density at radius 1 is 1.11 bits per heavy atom. The largest absolute Gasteiger partial charge is 0.490 e. The standard InChI is InChI=1S/C22H23FN2O.ClH/c1-14-3-5-18(9-15(14)2)26-19-10-17(11-19)25-13-21-20-7-8-24-12-16(20)4-6-22(21)23;/h3-9,12,17,19,25H,10-11,13H2,1-2H3;1H. The van der Waals surface area contributed by atoms with Gasteiger partial charge in [-0.3, -0.25) is 4.98 Å². The van der Waals surface area contributed by atoms with Gasteiger partial charge in [-0.1, -0.05) is 6.07 Å². The fourth-order valence-electron chi connectivity index (χ4n) is 3.44. The molecule has 1 heterocycles. The summed E-state index contributed by atoms with van der Waals surface area (Å²) in [6.07, 6.45) is 5.61. The third-order valence-corrected chi connectivity index (χ3v) is 5.32. The van der Waals surface area contributed by atoms with Crippen LogP contribution >= 0.6 is 12.4 Å². The first-order valence-electron chi connectivity index (χ1n) is 9.08. The van der Waals surface area contributed by atoms with Crippen LogP contribution in [-0.2, 0) is 6.54 Å². The minimum Gasteiger partial charge on any atom is -0.490 e. The minimum absolute atomic E-state index is 0. The van der Waals surface area contributed by atoms with Crippen molar-refractivity contribution in [1.29, 1.82) is 0 Å². The Morgan fingerprint density at radius 3 is 2.70 bits per heavy atom. The summed E-state index contributed by atoms with van der Waals surface area (Å²) < 4.78 is 20.3. The number of aryl methyl sites for hydroxylation is 2. The molecule has 0 spiro atoms. The smallest absolute Gasteiger partial charge is 0.128 e. The van der Waals surface area contributed by atoms with E-state index in [2.05, 4.69) is 36.3 Å². The van der Waals surface area contributed by atoms with Crippen molar-refractivity contribution in [2.45, 2.75) is 45.4 Å². The van der Waals surface area contributed by atoms with E-state index in [0.29, 0.717) is 18.2 Å². The normalized spacial score (nSPS) is 18.6.